The number of rotatable bonds is 3. The Morgan fingerprint density at radius 2 is 1.90 bits per heavy atom. The maximum absolute atomic E-state index is 10.8. The van der Waals surface area contributed by atoms with Crippen LogP contribution in [-0.4, -0.2) is 55.6 Å². The Balaban J connectivity index is 1.55. The van der Waals surface area contributed by atoms with Crippen molar-refractivity contribution in [3.05, 3.63) is 34.9 Å². The predicted octanol–water partition coefficient (Wildman–Crippen LogP) is 2.04. The molecule has 1 aromatic carbocycles. The molecule has 0 amide bonds. The lowest BCUT2D eigenvalue weighted by molar-refractivity contribution is -0.106. The molecule has 1 unspecified atom stereocenters. The first-order valence-electron chi connectivity index (χ1n) is 7.56. The Labute approximate surface area is 130 Å². The lowest BCUT2D eigenvalue weighted by Crippen LogP contribution is -2.47. The summed E-state index contributed by atoms with van der Waals surface area (Å²) in [7, 11) is 0. The normalized spacial score (nSPS) is 26.7. The molecule has 2 saturated heterocycles. The third-order valence-corrected chi connectivity index (χ3v) is 4.66. The van der Waals surface area contributed by atoms with Crippen LogP contribution in [0.3, 0.4) is 0 Å². The van der Waals surface area contributed by atoms with Gasteiger partial charge < -0.3 is 19.5 Å². The monoisotopic (exact) mass is 311 g/mol. The lowest BCUT2D eigenvalue weighted by Gasteiger charge is -2.40. The van der Waals surface area contributed by atoms with E-state index < -0.39 is 5.60 Å². The number of halogens is 1. The molecule has 1 aromatic rings. The van der Waals surface area contributed by atoms with Crippen LogP contribution in [0.4, 0.5) is 0 Å². The van der Waals surface area contributed by atoms with Crippen LogP contribution in [0.1, 0.15) is 18.4 Å². The van der Waals surface area contributed by atoms with Crippen LogP contribution >= 0.6 is 11.6 Å². The first kappa shape index (κ1) is 15.3. The minimum absolute atomic E-state index is 0.167. The van der Waals surface area contributed by atoms with Gasteiger partial charge in [-0.25, -0.2) is 0 Å². The largest absolute Gasteiger partial charge is 0.385 e. The van der Waals surface area contributed by atoms with Gasteiger partial charge in [-0.15, -0.1) is 0 Å². The maximum Gasteiger partial charge on any atom is 0.0936 e. The molecule has 0 bridgehead atoms. The van der Waals surface area contributed by atoms with E-state index in [1.807, 2.05) is 24.3 Å². The standard InChI is InChI=1S/C16H22ClNO3/c17-14-3-1-13(2-4-14)16(19)5-7-18(8-6-16)11-15-12-20-9-10-21-15/h1-4,15,19H,5-12H2. The van der Waals surface area contributed by atoms with Crippen molar-refractivity contribution in [2.45, 2.75) is 24.5 Å². The van der Waals surface area contributed by atoms with Gasteiger partial charge in [0.25, 0.3) is 0 Å². The fourth-order valence-corrected chi connectivity index (χ4v) is 3.21. The van der Waals surface area contributed by atoms with Gasteiger partial charge in [0.15, 0.2) is 0 Å². The maximum atomic E-state index is 10.8. The summed E-state index contributed by atoms with van der Waals surface area (Å²) in [6.07, 6.45) is 1.64. The van der Waals surface area contributed by atoms with Crippen LogP contribution < -0.4 is 0 Å². The predicted molar refractivity (Wildman–Crippen MR) is 81.6 cm³/mol. The zero-order valence-corrected chi connectivity index (χ0v) is 12.9. The fourth-order valence-electron chi connectivity index (χ4n) is 3.08. The van der Waals surface area contributed by atoms with Gasteiger partial charge in [0.1, 0.15) is 0 Å². The second kappa shape index (κ2) is 6.63. The average Bonchev–Trinajstić information content (AvgIpc) is 2.51. The third kappa shape index (κ3) is 3.76. The molecule has 2 heterocycles. The van der Waals surface area contributed by atoms with Crippen LogP contribution in [0, 0.1) is 0 Å². The molecule has 0 spiro atoms. The zero-order valence-electron chi connectivity index (χ0n) is 12.1. The van der Waals surface area contributed by atoms with Crippen LogP contribution in [0.15, 0.2) is 24.3 Å². The Morgan fingerprint density at radius 1 is 1.19 bits per heavy atom. The number of nitrogens with zero attached hydrogens (tertiary/aromatic N) is 1. The molecule has 4 nitrogen and oxygen atoms in total. The summed E-state index contributed by atoms with van der Waals surface area (Å²) in [5.74, 6) is 0. The number of benzene rings is 1. The highest BCUT2D eigenvalue weighted by Gasteiger charge is 2.34. The number of ether oxygens (including phenoxy) is 2. The molecule has 0 saturated carbocycles. The van der Waals surface area contributed by atoms with Crippen molar-refractivity contribution < 1.29 is 14.6 Å². The summed E-state index contributed by atoms with van der Waals surface area (Å²) < 4.78 is 11.1. The van der Waals surface area contributed by atoms with Crippen molar-refractivity contribution in [2.24, 2.45) is 0 Å². The summed E-state index contributed by atoms with van der Waals surface area (Å²) in [6.45, 7) is 4.70. The van der Waals surface area contributed by atoms with E-state index >= 15 is 0 Å². The zero-order chi connectivity index (χ0) is 14.7. The topological polar surface area (TPSA) is 41.9 Å². The second-order valence-corrected chi connectivity index (χ2v) is 6.34. The van der Waals surface area contributed by atoms with Crippen LogP contribution in [0.25, 0.3) is 0 Å². The Kier molecular flexibility index (Phi) is 4.82. The van der Waals surface area contributed by atoms with Crippen LogP contribution in [-0.2, 0) is 15.1 Å². The molecule has 2 aliphatic heterocycles. The van der Waals surface area contributed by atoms with E-state index in [-0.39, 0.29) is 6.10 Å². The Bertz CT molecular complexity index is 451. The second-order valence-electron chi connectivity index (χ2n) is 5.91. The van der Waals surface area contributed by atoms with E-state index in [1.54, 1.807) is 0 Å². The van der Waals surface area contributed by atoms with Crippen LogP contribution in [0.2, 0.25) is 5.02 Å². The van der Waals surface area contributed by atoms with Gasteiger partial charge in [0.05, 0.1) is 31.5 Å². The molecule has 0 aliphatic carbocycles. The summed E-state index contributed by atoms with van der Waals surface area (Å²) in [4.78, 5) is 2.35. The van der Waals surface area contributed by atoms with E-state index in [0.717, 1.165) is 38.0 Å². The van der Waals surface area contributed by atoms with Crippen molar-refractivity contribution in [1.82, 2.24) is 4.90 Å². The van der Waals surface area contributed by atoms with Gasteiger partial charge in [-0.05, 0) is 30.5 Å². The number of hydrogen-bond donors (Lipinski definition) is 1. The summed E-state index contributed by atoms with van der Waals surface area (Å²) in [6, 6.07) is 7.54. The minimum atomic E-state index is -0.731. The third-order valence-electron chi connectivity index (χ3n) is 4.41. The highest BCUT2D eigenvalue weighted by molar-refractivity contribution is 6.30. The molecular weight excluding hydrogens is 290 g/mol. The summed E-state index contributed by atoms with van der Waals surface area (Å²) in [5, 5.41) is 11.5. The molecular formula is C16H22ClNO3. The molecule has 1 atom stereocenters. The van der Waals surface area contributed by atoms with Crippen molar-refractivity contribution in [3.63, 3.8) is 0 Å². The fraction of sp³-hybridized carbons (Fsp3) is 0.625. The lowest BCUT2D eigenvalue weighted by atomic mass is 9.84. The molecule has 2 fully saturated rings. The number of likely N-dealkylation sites (tertiary alicyclic amines) is 1. The Morgan fingerprint density at radius 3 is 2.52 bits per heavy atom. The number of aliphatic hydroxyl groups is 1. The highest BCUT2D eigenvalue weighted by Crippen LogP contribution is 2.33. The number of piperidine rings is 1. The first-order valence-corrected chi connectivity index (χ1v) is 7.94. The minimum Gasteiger partial charge on any atom is -0.385 e. The SMILES string of the molecule is OC1(c2ccc(Cl)cc2)CCN(CC2COCCO2)CC1. The molecule has 5 heteroatoms. The smallest absolute Gasteiger partial charge is 0.0936 e. The highest BCUT2D eigenvalue weighted by atomic mass is 35.5. The average molecular weight is 312 g/mol. The van der Waals surface area contributed by atoms with Crippen molar-refractivity contribution >= 4 is 11.6 Å². The molecule has 21 heavy (non-hydrogen) atoms. The van der Waals surface area contributed by atoms with E-state index in [2.05, 4.69) is 4.90 Å². The molecule has 2 aliphatic rings. The van der Waals surface area contributed by atoms with Gasteiger partial charge in [-0.3, -0.25) is 0 Å². The van der Waals surface area contributed by atoms with Gasteiger partial charge in [0.2, 0.25) is 0 Å². The number of hydrogen-bond acceptors (Lipinski definition) is 4. The van der Waals surface area contributed by atoms with Gasteiger partial charge in [-0.2, -0.15) is 0 Å². The molecule has 0 aromatic heterocycles. The Hall–Kier alpha value is -0.650. The van der Waals surface area contributed by atoms with Gasteiger partial charge in [-0.1, -0.05) is 23.7 Å². The van der Waals surface area contributed by atoms with Crippen LogP contribution in [0.5, 0.6) is 0 Å². The van der Waals surface area contributed by atoms with Crippen molar-refractivity contribution in [3.8, 4) is 0 Å². The molecule has 0 radical (unpaired) electrons. The molecule has 3 rings (SSSR count). The first-order chi connectivity index (χ1) is 10.2. The van der Waals surface area contributed by atoms with E-state index in [4.69, 9.17) is 21.1 Å². The van der Waals surface area contributed by atoms with E-state index in [1.165, 1.54) is 0 Å². The van der Waals surface area contributed by atoms with E-state index in [9.17, 15) is 5.11 Å². The van der Waals surface area contributed by atoms with Crippen molar-refractivity contribution in [1.29, 1.82) is 0 Å². The van der Waals surface area contributed by atoms with Gasteiger partial charge >= 0.3 is 0 Å². The van der Waals surface area contributed by atoms with Gasteiger partial charge in [0, 0.05) is 24.7 Å². The van der Waals surface area contributed by atoms with Crippen molar-refractivity contribution in [2.75, 3.05) is 39.5 Å². The molecule has 116 valence electrons. The van der Waals surface area contributed by atoms with E-state index in [0.29, 0.717) is 24.8 Å². The summed E-state index contributed by atoms with van der Waals surface area (Å²) in [5.41, 5.74) is 0.231. The quantitative estimate of drug-likeness (QED) is 0.927. The summed E-state index contributed by atoms with van der Waals surface area (Å²) >= 11 is 5.91. The molecule has 1 N–H and O–H groups in total.